The number of amides is 1. The molecule has 5 nitrogen and oxygen atoms in total. The fourth-order valence-electron chi connectivity index (χ4n) is 1.99. The molecule has 0 fully saturated rings. The van der Waals surface area contributed by atoms with E-state index in [0.29, 0.717) is 12.3 Å². The van der Waals surface area contributed by atoms with Crippen molar-refractivity contribution in [1.82, 2.24) is 10.3 Å². The Labute approximate surface area is 137 Å². The second kappa shape index (κ2) is 7.11. The number of rotatable bonds is 6. The van der Waals surface area contributed by atoms with Crippen molar-refractivity contribution in [2.24, 2.45) is 0 Å². The van der Waals surface area contributed by atoms with Crippen molar-refractivity contribution in [2.75, 3.05) is 6.61 Å². The molecule has 3 rings (SSSR count). The summed E-state index contributed by atoms with van der Waals surface area (Å²) in [4.78, 5) is 17.3. The van der Waals surface area contributed by atoms with Gasteiger partial charge in [0.25, 0.3) is 5.91 Å². The van der Waals surface area contributed by atoms with Crippen LogP contribution in [0.15, 0.2) is 53.1 Å². The van der Waals surface area contributed by atoms with Gasteiger partial charge in [0, 0.05) is 4.88 Å². The maximum Gasteiger partial charge on any atom is 0.258 e. The SMILES string of the molecule is Cc1nc(-c2ccco2)sc1CNC(=O)COc1ccccc1. The largest absolute Gasteiger partial charge is 0.484 e. The number of aryl methyl sites for hydroxylation is 1. The zero-order valence-electron chi connectivity index (χ0n) is 12.6. The highest BCUT2D eigenvalue weighted by Crippen LogP contribution is 2.27. The number of nitrogens with zero attached hydrogens (tertiary/aromatic N) is 1. The summed E-state index contributed by atoms with van der Waals surface area (Å²) in [5.74, 6) is 1.25. The smallest absolute Gasteiger partial charge is 0.258 e. The predicted molar refractivity (Wildman–Crippen MR) is 88.3 cm³/mol. The van der Waals surface area contributed by atoms with Crippen LogP contribution in [0.4, 0.5) is 0 Å². The molecule has 0 aliphatic rings. The van der Waals surface area contributed by atoms with Crippen LogP contribution in [-0.4, -0.2) is 17.5 Å². The Balaban J connectivity index is 1.53. The minimum Gasteiger partial charge on any atom is -0.484 e. The summed E-state index contributed by atoms with van der Waals surface area (Å²) in [6.45, 7) is 2.35. The van der Waals surface area contributed by atoms with Crippen LogP contribution in [0.3, 0.4) is 0 Å². The first-order valence-electron chi connectivity index (χ1n) is 7.17. The summed E-state index contributed by atoms with van der Waals surface area (Å²) >= 11 is 1.51. The Morgan fingerprint density at radius 1 is 1.26 bits per heavy atom. The van der Waals surface area contributed by atoms with Crippen LogP contribution in [-0.2, 0) is 11.3 Å². The van der Waals surface area contributed by atoms with Crippen molar-refractivity contribution in [3.63, 3.8) is 0 Å². The van der Waals surface area contributed by atoms with Crippen molar-refractivity contribution < 1.29 is 13.9 Å². The maximum absolute atomic E-state index is 11.9. The lowest BCUT2D eigenvalue weighted by molar-refractivity contribution is -0.123. The number of thiazole rings is 1. The van der Waals surface area contributed by atoms with Gasteiger partial charge in [-0.25, -0.2) is 4.98 Å². The lowest BCUT2D eigenvalue weighted by Crippen LogP contribution is -2.28. The van der Waals surface area contributed by atoms with E-state index in [1.54, 1.807) is 6.26 Å². The van der Waals surface area contributed by atoms with Gasteiger partial charge in [0.2, 0.25) is 0 Å². The van der Waals surface area contributed by atoms with Gasteiger partial charge in [0.1, 0.15) is 5.75 Å². The average Bonchev–Trinajstić information content (AvgIpc) is 3.21. The van der Waals surface area contributed by atoms with Crippen molar-refractivity contribution in [1.29, 1.82) is 0 Å². The van der Waals surface area contributed by atoms with Gasteiger partial charge < -0.3 is 14.5 Å². The molecule has 0 bridgehead atoms. The van der Waals surface area contributed by atoms with Gasteiger partial charge in [-0.1, -0.05) is 18.2 Å². The van der Waals surface area contributed by atoms with Gasteiger partial charge >= 0.3 is 0 Å². The Kier molecular flexibility index (Phi) is 4.73. The first-order valence-corrected chi connectivity index (χ1v) is 7.99. The summed E-state index contributed by atoms with van der Waals surface area (Å²) in [6, 6.07) is 13.0. The van der Waals surface area contributed by atoms with Gasteiger partial charge in [-0.3, -0.25) is 4.79 Å². The molecule has 2 aromatic heterocycles. The van der Waals surface area contributed by atoms with Crippen LogP contribution in [0.1, 0.15) is 10.6 Å². The molecule has 6 heteroatoms. The third kappa shape index (κ3) is 3.98. The van der Waals surface area contributed by atoms with E-state index in [9.17, 15) is 4.79 Å². The van der Waals surface area contributed by atoms with Crippen LogP contribution >= 0.6 is 11.3 Å². The molecule has 0 atom stereocenters. The molecule has 0 unspecified atom stereocenters. The first-order chi connectivity index (χ1) is 11.2. The van der Waals surface area contributed by atoms with Crippen LogP contribution < -0.4 is 10.1 Å². The van der Waals surface area contributed by atoms with Gasteiger partial charge in [-0.05, 0) is 31.2 Å². The van der Waals surface area contributed by atoms with Crippen LogP contribution in [0.2, 0.25) is 0 Å². The summed E-state index contributed by atoms with van der Waals surface area (Å²) in [5, 5.41) is 3.66. The van der Waals surface area contributed by atoms with E-state index >= 15 is 0 Å². The minimum atomic E-state index is -0.166. The number of aromatic nitrogens is 1. The number of furan rings is 1. The lowest BCUT2D eigenvalue weighted by atomic mass is 10.3. The van der Waals surface area contributed by atoms with E-state index in [0.717, 1.165) is 21.3 Å². The quantitative estimate of drug-likeness (QED) is 0.753. The molecule has 1 aromatic carbocycles. The number of ether oxygens (including phenoxy) is 1. The molecular formula is C17H16N2O3S. The summed E-state index contributed by atoms with van der Waals surface area (Å²) in [6.07, 6.45) is 1.62. The number of hydrogen-bond donors (Lipinski definition) is 1. The highest BCUT2D eigenvalue weighted by molar-refractivity contribution is 7.15. The Morgan fingerprint density at radius 3 is 2.83 bits per heavy atom. The van der Waals surface area contributed by atoms with Crippen LogP contribution in [0.25, 0.3) is 10.8 Å². The topological polar surface area (TPSA) is 64.4 Å². The normalized spacial score (nSPS) is 10.5. The van der Waals surface area contributed by atoms with E-state index in [-0.39, 0.29) is 12.5 Å². The Morgan fingerprint density at radius 2 is 2.09 bits per heavy atom. The molecule has 0 radical (unpaired) electrons. The van der Waals surface area contributed by atoms with Gasteiger partial charge in [0.15, 0.2) is 17.4 Å². The highest BCUT2D eigenvalue weighted by Gasteiger charge is 2.12. The molecule has 1 N–H and O–H groups in total. The van der Waals surface area contributed by atoms with Gasteiger partial charge in [-0.15, -0.1) is 11.3 Å². The third-order valence-corrected chi connectivity index (χ3v) is 4.36. The Bertz CT molecular complexity index is 767. The Hall–Kier alpha value is -2.60. The van der Waals surface area contributed by atoms with Crippen molar-refractivity contribution in [3.05, 3.63) is 59.3 Å². The molecule has 23 heavy (non-hydrogen) atoms. The molecule has 0 saturated heterocycles. The number of para-hydroxylation sites is 1. The van der Waals surface area contributed by atoms with Crippen LogP contribution in [0, 0.1) is 6.92 Å². The molecule has 0 aliphatic heterocycles. The number of carbonyl (C=O) groups excluding carboxylic acids is 1. The second-order valence-corrected chi connectivity index (χ2v) is 5.97. The van der Waals surface area contributed by atoms with E-state index in [4.69, 9.17) is 9.15 Å². The average molecular weight is 328 g/mol. The van der Waals surface area contributed by atoms with Gasteiger partial charge in [-0.2, -0.15) is 0 Å². The fourth-order valence-corrected chi connectivity index (χ4v) is 2.96. The lowest BCUT2D eigenvalue weighted by Gasteiger charge is -2.06. The highest BCUT2D eigenvalue weighted by atomic mass is 32.1. The number of carbonyl (C=O) groups is 1. The van der Waals surface area contributed by atoms with E-state index in [1.807, 2.05) is 49.4 Å². The van der Waals surface area contributed by atoms with Gasteiger partial charge in [0.05, 0.1) is 18.5 Å². The molecule has 118 valence electrons. The molecule has 0 spiro atoms. The minimum absolute atomic E-state index is 0.00704. The molecule has 3 aromatic rings. The van der Waals surface area contributed by atoms with E-state index in [1.165, 1.54) is 11.3 Å². The van der Waals surface area contributed by atoms with Crippen LogP contribution in [0.5, 0.6) is 5.75 Å². The fraction of sp³-hybridized carbons (Fsp3) is 0.176. The number of benzene rings is 1. The molecule has 1 amide bonds. The second-order valence-electron chi connectivity index (χ2n) is 4.88. The zero-order valence-corrected chi connectivity index (χ0v) is 13.4. The summed E-state index contributed by atoms with van der Waals surface area (Å²) in [7, 11) is 0. The van der Waals surface area contributed by atoms with E-state index < -0.39 is 0 Å². The molecular weight excluding hydrogens is 312 g/mol. The van der Waals surface area contributed by atoms with E-state index in [2.05, 4.69) is 10.3 Å². The predicted octanol–water partition coefficient (Wildman–Crippen LogP) is 3.41. The summed E-state index contributed by atoms with van der Waals surface area (Å²) < 4.78 is 10.8. The first kappa shape index (κ1) is 15.3. The molecule has 2 heterocycles. The monoisotopic (exact) mass is 328 g/mol. The standard InChI is InChI=1S/C17H16N2O3S/c1-12-15(23-17(19-12)14-8-5-9-21-14)10-18-16(20)11-22-13-6-3-2-4-7-13/h2-9H,10-11H2,1H3,(H,18,20). The number of nitrogens with one attached hydrogen (secondary N) is 1. The third-order valence-electron chi connectivity index (χ3n) is 3.18. The number of hydrogen-bond acceptors (Lipinski definition) is 5. The van der Waals surface area contributed by atoms with Crippen molar-refractivity contribution >= 4 is 17.2 Å². The summed E-state index contributed by atoms with van der Waals surface area (Å²) in [5.41, 5.74) is 0.894. The molecule has 0 saturated carbocycles. The zero-order chi connectivity index (χ0) is 16.1. The maximum atomic E-state index is 11.9. The molecule has 0 aliphatic carbocycles. The van der Waals surface area contributed by atoms with Crippen molar-refractivity contribution in [2.45, 2.75) is 13.5 Å². The van der Waals surface area contributed by atoms with Crippen molar-refractivity contribution in [3.8, 4) is 16.5 Å².